The molecule has 1 heterocycles. The van der Waals surface area contributed by atoms with Crippen molar-refractivity contribution in [1.29, 1.82) is 0 Å². The fourth-order valence-corrected chi connectivity index (χ4v) is 3.78. The molecule has 1 aromatic carbocycles. The lowest BCUT2D eigenvalue weighted by molar-refractivity contribution is 0.101. The molecule has 1 aromatic heterocycles. The van der Waals surface area contributed by atoms with Crippen LogP contribution in [-0.4, -0.2) is 55.6 Å². The van der Waals surface area contributed by atoms with E-state index in [2.05, 4.69) is 15.5 Å². The van der Waals surface area contributed by atoms with Crippen LogP contribution in [-0.2, 0) is 10.0 Å². The van der Waals surface area contributed by atoms with Gasteiger partial charge in [0, 0.05) is 19.7 Å². The summed E-state index contributed by atoms with van der Waals surface area (Å²) in [6.45, 7) is 0.0223. The van der Waals surface area contributed by atoms with Crippen molar-refractivity contribution in [2.24, 2.45) is 0 Å². The summed E-state index contributed by atoms with van der Waals surface area (Å²) in [6, 6.07) is 5.99. The maximum absolute atomic E-state index is 12.2. The van der Waals surface area contributed by atoms with Gasteiger partial charge >= 0.3 is 0 Å². The van der Waals surface area contributed by atoms with Crippen LogP contribution in [0.2, 0.25) is 0 Å². The Morgan fingerprint density at radius 2 is 2.09 bits per heavy atom. The molecule has 124 valence electrons. The first-order valence-electron chi connectivity index (χ1n) is 6.51. The molecule has 0 bridgehead atoms. The van der Waals surface area contributed by atoms with Gasteiger partial charge in [-0.3, -0.25) is 4.79 Å². The first kappa shape index (κ1) is 17.9. The molecule has 0 atom stereocenters. The van der Waals surface area contributed by atoms with Gasteiger partial charge in [-0.15, -0.1) is 10.2 Å². The smallest absolute Gasteiger partial charge is 0.242 e. The molecular weight excluding hydrogens is 356 g/mol. The number of carbonyl (C=O) groups excluding carboxylic acids is 1. The summed E-state index contributed by atoms with van der Waals surface area (Å²) >= 11 is 2.83. The Kier molecular flexibility index (Phi) is 5.74. The largest absolute Gasteiger partial charge is 0.353 e. The van der Waals surface area contributed by atoms with Crippen LogP contribution >= 0.6 is 23.1 Å². The number of benzene rings is 1. The first-order valence-corrected chi connectivity index (χ1v) is 10.00. The number of rotatable bonds is 7. The third kappa shape index (κ3) is 4.28. The number of sulfonamides is 1. The number of hydrogen-bond acceptors (Lipinski definition) is 8. The summed E-state index contributed by atoms with van der Waals surface area (Å²) in [7, 11) is -0.665. The predicted octanol–water partition coefficient (Wildman–Crippen LogP) is 1.81. The van der Waals surface area contributed by atoms with Gasteiger partial charge in [-0.1, -0.05) is 35.2 Å². The van der Waals surface area contributed by atoms with Crippen molar-refractivity contribution in [1.82, 2.24) is 14.5 Å². The van der Waals surface area contributed by atoms with Crippen molar-refractivity contribution in [2.75, 3.05) is 32.2 Å². The summed E-state index contributed by atoms with van der Waals surface area (Å²) in [5, 5.41) is 11.3. The summed E-state index contributed by atoms with van der Waals surface area (Å²) in [6.07, 6.45) is 1.89. The molecule has 0 radical (unpaired) electrons. The standard InChI is InChI=1S/C13H16N4O3S3/c1-17(2)23(19,20)10-6-4-5-9(7-10)11(18)8-14-12-15-16-13(21-3)22-12/h4-7H,8H2,1-3H3,(H,14,15). The summed E-state index contributed by atoms with van der Waals surface area (Å²) < 4.78 is 26.1. The van der Waals surface area contributed by atoms with Crippen LogP contribution in [0.5, 0.6) is 0 Å². The Morgan fingerprint density at radius 3 is 2.70 bits per heavy atom. The van der Waals surface area contributed by atoms with E-state index in [1.165, 1.54) is 49.3 Å². The van der Waals surface area contributed by atoms with E-state index in [0.29, 0.717) is 10.7 Å². The van der Waals surface area contributed by atoms with E-state index in [1.54, 1.807) is 12.1 Å². The Balaban J connectivity index is 2.11. The third-order valence-corrected chi connectivity index (χ3v) is 6.58. The van der Waals surface area contributed by atoms with Crippen LogP contribution in [0, 0.1) is 0 Å². The normalized spacial score (nSPS) is 11.7. The molecule has 2 rings (SSSR count). The highest BCUT2D eigenvalue weighted by Gasteiger charge is 2.18. The molecule has 0 aliphatic heterocycles. The zero-order chi connectivity index (χ0) is 17.0. The molecule has 0 saturated carbocycles. The molecule has 0 aliphatic rings. The van der Waals surface area contributed by atoms with E-state index >= 15 is 0 Å². The first-order chi connectivity index (χ1) is 10.8. The molecule has 0 fully saturated rings. The Labute approximate surface area is 143 Å². The van der Waals surface area contributed by atoms with Crippen LogP contribution in [0.1, 0.15) is 10.4 Å². The molecule has 0 saturated heterocycles. The maximum Gasteiger partial charge on any atom is 0.242 e. The lowest BCUT2D eigenvalue weighted by Crippen LogP contribution is -2.22. The van der Waals surface area contributed by atoms with Gasteiger partial charge in [0.15, 0.2) is 10.1 Å². The van der Waals surface area contributed by atoms with E-state index in [4.69, 9.17) is 0 Å². The molecule has 0 aliphatic carbocycles. The lowest BCUT2D eigenvalue weighted by atomic mass is 10.1. The third-order valence-electron chi connectivity index (χ3n) is 2.92. The Hall–Kier alpha value is -1.49. The van der Waals surface area contributed by atoms with E-state index in [1.807, 2.05) is 6.26 Å². The number of carbonyl (C=O) groups is 1. The minimum Gasteiger partial charge on any atom is -0.353 e. The quantitative estimate of drug-likeness (QED) is 0.585. The molecule has 2 aromatic rings. The second-order valence-corrected chi connectivity index (χ2v) is 8.85. The average molecular weight is 372 g/mol. The fourth-order valence-electron chi connectivity index (χ4n) is 1.66. The second kappa shape index (κ2) is 7.39. The molecule has 0 unspecified atom stereocenters. The summed E-state index contributed by atoms with van der Waals surface area (Å²) in [5.41, 5.74) is 0.329. The number of hydrogen-bond donors (Lipinski definition) is 1. The van der Waals surface area contributed by atoms with Gasteiger partial charge in [0.25, 0.3) is 0 Å². The molecule has 10 heteroatoms. The molecule has 0 amide bonds. The highest BCUT2D eigenvalue weighted by Crippen LogP contribution is 2.23. The van der Waals surface area contributed by atoms with Crippen LogP contribution in [0.15, 0.2) is 33.5 Å². The highest BCUT2D eigenvalue weighted by atomic mass is 32.2. The molecule has 0 spiro atoms. The Bertz CT molecular complexity index is 802. The second-order valence-electron chi connectivity index (χ2n) is 4.67. The van der Waals surface area contributed by atoms with Crippen LogP contribution < -0.4 is 5.32 Å². The number of aromatic nitrogens is 2. The monoisotopic (exact) mass is 372 g/mol. The van der Waals surface area contributed by atoms with Gasteiger partial charge in [0.2, 0.25) is 15.2 Å². The molecular formula is C13H16N4O3S3. The lowest BCUT2D eigenvalue weighted by Gasteiger charge is -2.12. The highest BCUT2D eigenvalue weighted by molar-refractivity contribution is 8.00. The van der Waals surface area contributed by atoms with Gasteiger partial charge in [0.1, 0.15) is 0 Å². The summed E-state index contributed by atoms with van der Waals surface area (Å²) in [4.78, 5) is 12.3. The number of thioether (sulfide) groups is 1. The number of nitrogens with one attached hydrogen (secondary N) is 1. The van der Waals surface area contributed by atoms with Crippen LogP contribution in [0.4, 0.5) is 5.13 Å². The Morgan fingerprint density at radius 1 is 1.35 bits per heavy atom. The predicted molar refractivity (Wildman–Crippen MR) is 91.8 cm³/mol. The van der Waals surface area contributed by atoms with E-state index < -0.39 is 10.0 Å². The van der Waals surface area contributed by atoms with Crippen molar-refractivity contribution < 1.29 is 13.2 Å². The van der Waals surface area contributed by atoms with E-state index in [9.17, 15) is 13.2 Å². The average Bonchev–Trinajstić information content (AvgIpc) is 3.00. The van der Waals surface area contributed by atoms with Gasteiger partial charge in [-0.05, 0) is 18.4 Å². The molecule has 7 nitrogen and oxygen atoms in total. The van der Waals surface area contributed by atoms with Crippen molar-refractivity contribution in [3.05, 3.63) is 29.8 Å². The zero-order valence-corrected chi connectivity index (χ0v) is 15.3. The number of anilines is 1. The van der Waals surface area contributed by atoms with Crippen molar-refractivity contribution in [2.45, 2.75) is 9.24 Å². The van der Waals surface area contributed by atoms with Gasteiger partial charge in [-0.2, -0.15) is 0 Å². The minimum atomic E-state index is -3.56. The fraction of sp³-hybridized carbons (Fsp3) is 0.308. The maximum atomic E-state index is 12.2. The number of Topliss-reactive ketones (excluding diaryl/α,β-unsaturated/α-hetero) is 1. The van der Waals surface area contributed by atoms with E-state index in [-0.39, 0.29) is 17.2 Å². The minimum absolute atomic E-state index is 0.0223. The van der Waals surface area contributed by atoms with Crippen LogP contribution in [0.3, 0.4) is 0 Å². The zero-order valence-electron chi connectivity index (χ0n) is 12.8. The topological polar surface area (TPSA) is 92.3 Å². The van der Waals surface area contributed by atoms with Gasteiger partial charge in [0.05, 0.1) is 11.4 Å². The van der Waals surface area contributed by atoms with Gasteiger partial charge in [-0.25, -0.2) is 12.7 Å². The van der Waals surface area contributed by atoms with E-state index in [0.717, 1.165) is 8.64 Å². The SMILES string of the molecule is CSc1nnc(NCC(=O)c2cccc(S(=O)(=O)N(C)C)c2)s1. The molecule has 23 heavy (non-hydrogen) atoms. The van der Waals surface area contributed by atoms with Crippen molar-refractivity contribution in [3.63, 3.8) is 0 Å². The van der Waals surface area contributed by atoms with Crippen molar-refractivity contribution >= 4 is 44.0 Å². The van der Waals surface area contributed by atoms with Gasteiger partial charge < -0.3 is 5.32 Å². The summed E-state index contributed by atoms with van der Waals surface area (Å²) in [5.74, 6) is -0.221. The number of nitrogens with zero attached hydrogens (tertiary/aromatic N) is 3. The molecule has 1 N–H and O–H groups in total. The van der Waals surface area contributed by atoms with Crippen LogP contribution in [0.25, 0.3) is 0 Å². The van der Waals surface area contributed by atoms with Crippen molar-refractivity contribution in [3.8, 4) is 0 Å². The number of ketones is 1.